The summed E-state index contributed by atoms with van der Waals surface area (Å²) >= 11 is 0. The van der Waals surface area contributed by atoms with Crippen molar-refractivity contribution >= 4 is 5.69 Å². The molecule has 0 radical (unpaired) electrons. The van der Waals surface area contributed by atoms with Crippen LogP contribution in [0.25, 0.3) is 11.3 Å². The lowest BCUT2D eigenvalue weighted by atomic mass is 9.87. The third-order valence-electron chi connectivity index (χ3n) is 4.21. The first-order chi connectivity index (χ1) is 9.92. The number of nitrogens with one attached hydrogen (secondary N) is 1. The Hall–Kier alpha value is -1.77. The van der Waals surface area contributed by atoms with Crippen LogP contribution in [-0.2, 0) is 0 Å². The fraction of sp³-hybridized carbons (Fsp3) is 0.471. The normalized spacial score (nSPS) is 16.2. The van der Waals surface area contributed by atoms with Gasteiger partial charge in [0.2, 0.25) is 0 Å². The lowest BCUT2D eigenvalue weighted by molar-refractivity contribution is 0.345. The van der Waals surface area contributed by atoms with Crippen LogP contribution in [0.1, 0.15) is 38.5 Å². The van der Waals surface area contributed by atoms with Gasteiger partial charge in [0.05, 0.1) is 6.20 Å². The predicted octanol–water partition coefficient (Wildman–Crippen LogP) is 4.72. The Labute approximate surface area is 120 Å². The van der Waals surface area contributed by atoms with E-state index < -0.39 is 0 Å². The van der Waals surface area contributed by atoms with E-state index in [0.29, 0.717) is 0 Å². The first-order valence-corrected chi connectivity index (χ1v) is 7.64. The standard InChI is InChI=1S/C17H22N2O/c1-2-4-14(5-3-1)10-11-19-16-8-6-15(7-9-16)17-12-18-13-20-17/h6-9,12-14,19H,1-5,10-11H2. The summed E-state index contributed by atoms with van der Waals surface area (Å²) in [7, 11) is 0. The molecule has 3 rings (SSSR count). The van der Waals surface area contributed by atoms with Crippen LogP contribution in [0.3, 0.4) is 0 Å². The zero-order chi connectivity index (χ0) is 13.6. The van der Waals surface area contributed by atoms with Gasteiger partial charge in [0.1, 0.15) is 0 Å². The van der Waals surface area contributed by atoms with E-state index in [9.17, 15) is 0 Å². The first kappa shape index (κ1) is 13.2. The van der Waals surface area contributed by atoms with Gasteiger partial charge in [-0.05, 0) is 36.6 Å². The minimum atomic E-state index is 0.818. The molecule has 0 bridgehead atoms. The van der Waals surface area contributed by atoms with Gasteiger partial charge in [-0.2, -0.15) is 0 Å². The monoisotopic (exact) mass is 270 g/mol. The van der Waals surface area contributed by atoms with Crippen molar-refractivity contribution in [3.05, 3.63) is 36.9 Å². The molecule has 0 aliphatic heterocycles. The summed E-state index contributed by atoms with van der Waals surface area (Å²) in [5, 5.41) is 3.52. The van der Waals surface area contributed by atoms with Crippen molar-refractivity contribution in [2.75, 3.05) is 11.9 Å². The molecule has 2 aromatic rings. The maximum absolute atomic E-state index is 5.29. The third-order valence-corrected chi connectivity index (χ3v) is 4.21. The molecule has 1 fully saturated rings. The molecule has 1 aromatic carbocycles. The number of benzene rings is 1. The summed E-state index contributed by atoms with van der Waals surface area (Å²) in [5.41, 5.74) is 2.25. The van der Waals surface area contributed by atoms with Gasteiger partial charge in [0.15, 0.2) is 12.2 Å². The SMILES string of the molecule is c1ncc(-c2ccc(NCCC3CCCCC3)cc2)o1. The van der Waals surface area contributed by atoms with Crippen molar-refractivity contribution in [3.8, 4) is 11.3 Å². The van der Waals surface area contributed by atoms with Crippen molar-refractivity contribution < 1.29 is 4.42 Å². The van der Waals surface area contributed by atoms with Gasteiger partial charge < -0.3 is 9.73 Å². The summed E-state index contributed by atoms with van der Waals surface area (Å²) in [6, 6.07) is 8.37. The molecular weight excluding hydrogens is 248 g/mol. The van der Waals surface area contributed by atoms with Crippen LogP contribution in [0.4, 0.5) is 5.69 Å². The molecule has 0 amide bonds. The smallest absolute Gasteiger partial charge is 0.181 e. The zero-order valence-corrected chi connectivity index (χ0v) is 11.8. The highest BCUT2D eigenvalue weighted by Gasteiger charge is 2.12. The van der Waals surface area contributed by atoms with E-state index in [4.69, 9.17) is 4.42 Å². The van der Waals surface area contributed by atoms with Gasteiger partial charge in [0.25, 0.3) is 0 Å². The van der Waals surface area contributed by atoms with E-state index in [2.05, 4.69) is 34.6 Å². The van der Waals surface area contributed by atoms with Crippen molar-refractivity contribution in [3.63, 3.8) is 0 Å². The molecule has 1 aromatic heterocycles. The molecule has 0 saturated heterocycles. The van der Waals surface area contributed by atoms with Crippen molar-refractivity contribution in [1.29, 1.82) is 0 Å². The maximum atomic E-state index is 5.29. The predicted molar refractivity (Wildman–Crippen MR) is 81.6 cm³/mol. The van der Waals surface area contributed by atoms with Gasteiger partial charge in [-0.1, -0.05) is 32.1 Å². The summed E-state index contributed by atoms with van der Waals surface area (Å²) in [6.45, 7) is 1.08. The van der Waals surface area contributed by atoms with E-state index in [1.807, 2.05) is 0 Å². The summed E-state index contributed by atoms with van der Waals surface area (Å²) in [4.78, 5) is 3.94. The van der Waals surface area contributed by atoms with Gasteiger partial charge >= 0.3 is 0 Å². The average molecular weight is 270 g/mol. The number of hydrogen-bond donors (Lipinski definition) is 1. The molecule has 1 aliphatic carbocycles. The first-order valence-electron chi connectivity index (χ1n) is 7.64. The fourth-order valence-corrected chi connectivity index (χ4v) is 3.01. The molecule has 106 valence electrons. The molecule has 3 heteroatoms. The lowest BCUT2D eigenvalue weighted by Crippen LogP contribution is -2.12. The van der Waals surface area contributed by atoms with Crippen LogP contribution < -0.4 is 5.32 Å². The van der Waals surface area contributed by atoms with E-state index in [-0.39, 0.29) is 0 Å². The van der Waals surface area contributed by atoms with Crippen LogP contribution in [0.5, 0.6) is 0 Å². The molecule has 1 N–H and O–H groups in total. The highest BCUT2D eigenvalue weighted by atomic mass is 16.3. The van der Waals surface area contributed by atoms with Crippen LogP contribution in [0.2, 0.25) is 0 Å². The molecule has 1 aliphatic rings. The van der Waals surface area contributed by atoms with E-state index in [1.165, 1.54) is 50.6 Å². The number of anilines is 1. The van der Waals surface area contributed by atoms with Crippen LogP contribution >= 0.6 is 0 Å². The van der Waals surface area contributed by atoms with Crippen molar-refractivity contribution in [2.45, 2.75) is 38.5 Å². The summed E-state index contributed by atoms with van der Waals surface area (Å²) < 4.78 is 5.29. The Balaban J connectivity index is 1.48. The zero-order valence-electron chi connectivity index (χ0n) is 11.8. The molecule has 3 nitrogen and oxygen atoms in total. The van der Waals surface area contributed by atoms with Gasteiger partial charge in [-0.15, -0.1) is 0 Å². The van der Waals surface area contributed by atoms with E-state index >= 15 is 0 Å². The molecule has 20 heavy (non-hydrogen) atoms. The fourth-order valence-electron chi connectivity index (χ4n) is 3.01. The van der Waals surface area contributed by atoms with E-state index in [0.717, 1.165) is 23.8 Å². The molecule has 0 unspecified atom stereocenters. The second-order valence-corrected chi connectivity index (χ2v) is 5.66. The third kappa shape index (κ3) is 3.41. The quantitative estimate of drug-likeness (QED) is 0.854. The Morgan fingerprint density at radius 1 is 1.10 bits per heavy atom. The van der Waals surface area contributed by atoms with Gasteiger partial charge in [0, 0.05) is 17.8 Å². The Morgan fingerprint density at radius 2 is 1.90 bits per heavy atom. The molecule has 1 heterocycles. The number of rotatable bonds is 5. The topological polar surface area (TPSA) is 38.1 Å². The Kier molecular flexibility index (Phi) is 4.36. The van der Waals surface area contributed by atoms with Crippen LogP contribution in [-0.4, -0.2) is 11.5 Å². The van der Waals surface area contributed by atoms with Crippen molar-refractivity contribution in [1.82, 2.24) is 4.98 Å². The van der Waals surface area contributed by atoms with E-state index in [1.54, 1.807) is 6.20 Å². The Morgan fingerprint density at radius 3 is 2.60 bits per heavy atom. The van der Waals surface area contributed by atoms with Gasteiger partial charge in [-0.3, -0.25) is 0 Å². The van der Waals surface area contributed by atoms with Crippen LogP contribution in [0.15, 0.2) is 41.3 Å². The summed E-state index contributed by atoms with van der Waals surface area (Å²) in [5.74, 6) is 1.75. The number of hydrogen-bond acceptors (Lipinski definition) is 3. The van der Waals surface area contributed by atoms with Gasteiger partial charge in [-0.25, -0.2) is 4.98 Å². The lowest BCUT2D eigenvalue weighted by Gasteiger charge is -2.21. The summed E-state index contributed by atoms with van der Waals surface area (Å²) in [6.07, 6.45) is 11.6. The Bertz CT molecular complexity index is 498. The van der Waals surface area contributed by atoms with Crippen molar-refractivity contribution in [2.24, 2.45) is 5.92 Å². The second kappa shape index (κ2) is 6.60. The number of oxazole rings is 1. The highest BCUT2D eigenvalue weighted by molar-refractivity contribution is 5.60. The molecule has 0 atom stereocenters. The minimum Gasteiger partial charge on any atom is -0.444 e. The number of aromatic nitrogens is 1. The van der Waals surface area contributed by atoms with Crippen LogP contribution in [0, 0.1) is 5.92 Å². The molecule has 0 spiro atoms. The largest absolute Gasteiger partial charge is 0.444 e. The maximum Gasteiger partial charge on any atom is 0.181 e. The molecular formula is C17H22N2O. The highest BCUT2D eigenvalue weighted by Crippen LogP contribution is 2.26. The number of nitrogens with zero attached hydrogens (tertiary/aromatic N) is 1. The molecule has 1 saturated carbocycles. The second-order valence-electron chi connectivity index (χ2n) is 5.66. The minimum absolute atomic E-state index is 0.818. The average Bonchev–Trinajstić information content (AvgIpc) is 3.03.